The zero-order valence-corrected chi connectivity index (χ0v) is 17.4. The van der Waals surface area contributed by atoms with E-state index < -0.39 is 0 Å². The molecule has 2 aromatic rings. The van der Waals surface area contributed by atoms with Crippen LogP contribution in [0, 0.1) is 0 Å². The maximum Gasteiger partial charge on any atom is 0.414 e. The van der Waals surface area contributed by atoms with E-state index in [1.165, 1.54) is 12.5 Å². The van der Waals surface area contributed by atoms with Crippen molar-refractivity contribution in [3.05, 3.63) is 54.1 Å². The summed E-state index contributed by atoms with van der Waals surface area (Å²) in [5, 5.41) is 2.69. The predicted octanol–water partition coefficient (Wildman–Crippen LogP) is 3.66. The van der Waals surface area contributed by atoms with Crippen molar-refractivity contribution in [1.29, 1.82) is 0 Å². The minimum Gasteiger partial charge on any atom is -0.442 e. The quantitative estimate of drug-likeness (QED) is 0.741. The molecular weight excluding hydrogens is 366 g/mol. The first-order valence-electron chi connectivity index (χ1n) is 10.1. The van der Waals surface area contributed by atoms with Crippen LogP contribution in [0.2, 0.25) is 0 Å². The molecule has 154 valence electrons. The van der Waals surface area contributed by atoms with Gasteiger partial charge in [-0.05, 0) is 41.9 Å². The molecule has 1 fully saturated rings. The molecule has 1 saturated heterocycles. The number of nitrogens with one attached hydrogen (secondary N) is 1. The van der Waals surface area contributed by atoms with Gasteiger partial charge < -0.3 is 10.1 Å². The number of cyclic esters (lactones) is 1. The van der Waals surface area contributed by atoms with Gasteiger partial charge in [0.2, 0.25) is 5.91 Å². The fourth-order valence-electron chi connectivity index (χ4n) is 3.44. The van der Waals surface area contributed by atoms with Crippen LogP contribution in [0.1, 0.15) is 26.3 Å². The average Bonchev–Trinajstić information content (AvgIpc) is 3.11. The SMILES string of the molecule is CCN(CC)Cc1ccc(-c2ccc(N3C[C@@H](CNC(C)=O)OC3=O)cc2)cc1. The average molecular weight is 396 g/mol. The maximum atomic E-state index is 12.1. The Morgan fingerprint density at radius 1 is 1.07 bits per heavy atom. The Kier molecular flexibility index (Phi) is 6.88. The molecule has 2 amide bonds. The highest BCUT2D eigenvalue weighted by atomic mass is 16.6. The fourth-order valence-corrected chi connectivity index (χ4v) is 3.44. The second-order valence-electron chi connectivity index (χ2n) is 7.26. The maximum absolute atomic E-state index is 12.1. The number of hydrogen-bond donors (Lipinski definition) is 1. The van der Waals surface area contributed by atoms with Gasteiger partial charge in [0.1, 0.15) is 6.10 Å². The second kappa shape index (κ2) is 9.56. The number of benzene rings is 2. The first-order valence-corrected chi connectivity index (χ1v) is 10.1. The van der Waals surface area contributed by atoms with Crippen molar-refractivity contribution in [3.8, 4) is 11.1 Å². The highest BCUT2D eigenvalue weighted by molar-refractivity contribution is 5.90. The molecule has 0 bridgehead atoms. The van der Waals surface area contributed by atoms with Gasteiger partial charge in [-0.1, -0.05) is 50.2 Å². The van der Waals surface area contributed by atoms with E-state index in [-0.39, 0.29) is 18.1 Å². The largest absolute Gasteiger partial charge is 0.442 e. The van der Waals surface area contributed by atoms with E-state index in [4.69, 9.17) is 4.74 Å². The molecule has 3 rings (SSSR count). The number of carbonyl (C=O) groups excluding carboxylic acids is 2. The summed E-state index contributed by atoms with van der Waals surface area (Å²) in [5.41, 5.74) is 4.35. The normalized spacial score (nSPS) is 16.2. The Balaban J connectivity index is 1.64. The van der Waals surface area contributed by atoms with Crippen molar-refractivity contribution >= 4 is 17.7 Å². The number of hydrogen-bond acceptors (Lipinski definition) is 4. The summed E-state index contributed by atoms with van der Waals surface area (Å²) in [7, 11) is 0. The zero-order valence-electron chi connectivity index (χ0n) is 17.4. The number of anilines is 1. The lowest BCUT2D eigenvalue weighted by Gasteiger charge is -2.18. The Morgan fingerprint density at radius 2 is 1.66 bits per heavy atom. The first-order chi connectivity index (χ1) is 14.0. The van der Waals surface area contributed by atoms with Crippen LogP contribution in [0.15, 0.2) is 48.5 Å². The van der Waals surface area contributed by atoms with Crippen LogP contribution >= 0.6 is 0 Å². The number of ether oxygens (including phenoxy) is 1. The van der Waals surface area contributed by atoms with Crippen molar-refractivity contribution in [3.63, 3.8) is 0 Å². The summed E-state index contributed by atoms with van der Waals surface area (Å²) >= 11 is 0. The van der Waals surface area contributed by atoms with Crippen LogP contribution in [0.4, 0.5) is 10.5 Å². The van der Waals surface area contributed by atoms with Crippen LogP contribution in [0.5, 0.6) is 0 Å². The van der Waals surface area contributed by atoms with Crippen molar-refractivity contribution in [1.82, 2.24) is 10.2 Å². The summed E-state index contributed by atoms with van der Waals surface area (Å²) in [6.07, 6.45) is -0.710. The Hall–Kier alpha value is -2.86. The smallest absolute Gasteiger partial charge is 0.414 e. The van der Waals surface area contributed by atoms with E-state index >= 15 is 0 Å². The van der Waals surface area contributed by atoms with Crippen LogP contribution in [0.25, 0.3) is 11.1 Å². The number of nitrogens with zero attached hydrogens (tertiary/aromatic N) is 2. The van der Waals surface area contributed by atoms with E-state index in [1.54, 1.807) is 4.90 Å². The molecule has 1 aliphatic heterocycles. The van der Waals surface area contributed by atoms with Gasteiger partial charge in [0.25, 0.3) is 0 Å². The number of rotatable bonds is 8. The monoisotopic (exact) mass is 395 g/mol. The Morgan fingerprint density at radius 3 is 2.21 bits per heavy atom. The Bertz CT molecular complexity index is 829. The lowest BCUT2D eigenvalue weighted by Crippen LogP contribution is -2.33. The molecule has 1 atom stereocenters. The summed E-state index contributed by atoms with van der Waals surface area (Å²) < 4.78 is 5.33. The van der Waals surface area contributed by atoms with Crippen LogP contribution in [-0.2, 0) is 16.1 Å². The number of amides is 2. The van der Waals surface area contributed by atoms with Gasteiger partial charge in [0.05, 0.1) is 13.1 Å². The molecule has 1 N–H and O–H groups in total. The molecule has 0 unspecified atom stereocenters. The molecule has 1 aliphatic rings. The summed E-state index contributed by atoms with van der Waals surface area (Å²) in [4.78, 5) is 27.2. The van der Waals surface area contributed by atoms with E-state index in [0.29, 0.717) is 13.1 Å². The van der Waals surface area contributed by atoms with Crippen molar-refractivity contribution < 1.29 is 14.3 Å². The van der Waals surface area contributed by atoms with Crippen LogP contribution in [0.3, 0.4) is 0 Å². The molecule has 1 heterocycles. The molecule has 0 saturated carbocycles. The van der Waals surface area contributed by atoms with Crippen LogP contribution in [-0.4, -0.2) is 49.2 Å². The van der Waals surface area contributed by atoms with Crippen LogP contribution < -0.4 is 10.2 Å². The topological polar surface area (TPSA) is 61.9 Å². The van der Waals surface area contributed by atoms with Gasteiger partial charge in [-0.15, -0.1) is 0 Å². The molecule has 6 heteroatoms. The van der Waals surface area contributed by atoms with Gasteiger partial charge in [-0.3, -0.25) is 14.6 Å². The minimum atomic E-state index is -0.381. The summed E-state index contributed by atoms with van der Waals surface area (Å²) in [5.74, 6) is -0.132. The van der Waals surface area contributed by atoms with Crippen molar-refractivity contribution in [2.75, 3.05) is 31.1 Å². The fraction of sp³-hybridized carbons (Fsp3) is 0.391. The molecular formula is C23H29N3O3. The third kappa shape index (κ3) is 5.35. The van der Waals surface area contributed by atoms with E-state index in [9.17, 15) is 9.59 Å². The van der Waals surface area contributed by atoms with Crippen molar-refractivity contribution in [2.24, 2.45) is 0 Å². The van der Waals surface area contributed by atoms with Gasteiger partial charge in [-0.2, -0.15) is 0 Å². The molecule has 0 aromatic heterocycles. The molecule has 29 heavy (non-hydrogen) atoms. The molecule has 6 nitrogen and oxygen atoms in total. The van der Waals surface area contributed by atoms with E-state index in [1.807, 2.05) is 24.3 Å². The second-order valence-corrected chi connectivity index (χ2v) is 7.26. The lowest BCUT2D eigenvalue weighted by molar-refractivity contribution is -0.119. The molecule has 0 aliphatic carbocycles. The number of carbonyl (C=O) groups is 2. The summed E-state index contributed by atoms with van der Waals surface area (Å²) in [6.45, 7) is 9.62. The first kappa shape index (κ1) is 20.9. The van der Waals surface area contributed by atoms with Crippen molar-refractivity contribution in [2.45, 2.75) is 33.4 Å². The third-order valence-corrected chi connectivity index (χ3v) is 5.22. The molecule has 0 radical (unpaired) electrons. The lowest BCUT2D eigenvalue weighted by atomic mass is 10.0. The zero-order chi connectivity index (χ0) is 20.8. The predicted molar refractivity (Wildman–Crippen MR) is 115 cm³/mol. The van der Waals surface area contributed by atoms with E-state index in [0.717, 1.165) is 36.4 Å². The molecule has 2 aromatic carbocycles. The highest BCUT2D eigenvalue weighted by Gasteiger charge is 2.32. The third-order valence-electron chi connectivity index (χ3n) is 5.22. The van der Waals surface area contributed by atoms with Gasteiger partial charge in [0, 0.05) is 19.2 Å². The van der Waals surface area contributed by atoms with Gasteiger partial charge in [-0.25, -0.2) is 4.79 Å². The van der Waals surface area contributed by atoms with Gasteiger partial charge >= 0.3 is 6.09 Å². The summed E-state index contributed by atoms with van der Waals surface area (Å²) in [6, 6.07) is 16.5. The highest BCUT2D eigenvalue weighted by Crippen LogP contribution is 2.26. The Labute approximate surface area is 172 Å². The molecule has 0 spiro atoms. The minimum absolute atomic E-state index is 0.132. The van der Waals surface area contributed by atoms with Gasteiger partial charge in [0.15, 0.2) is 0 Å². The van der Waals surface area contributed by atoms with E-state index in [2.05, 4.69) is 48.3 Å². The standard InChI is InChI=1S/C23H29N3O3/c1-4-25(5-2)15-18-6-8-19(9-7-18)20-10-12-21(13-11-20)26-16-22(29-23(26)28)14-24-17(3)27/h6-13,22H,4-5,14-16H2,1-3H3,(H,24,27)/t22-/m1/s1.